The van der Waals surface area contributed by atoms with E-state index in [0.29, 0.717) is 28.8 Å². The van der Waals surface area contributed by atoms with Crippen molar-refractivity contribution in [2.45, 2.75) is 31.4 Å². The van der Waals surface area contributed by atoms with Crippen LogP contribution < -0.4 is 20.5 Å². The van der Waals surface area contributed by atoms with Crippen LogP contribution in [0.15, 0.2) is 36.5 Å². The van der Waals surface area contributed by atoms with Crippen molar-refractivity contribution >= 4 is 34.3 Å². The van der Waals surface area contributed by atoms with E-state index in [0.717, 1.165) is 25.0 Å². The van der Waals surface area contributed by atoms with Crippen LogP contribution in [-0.2, 0) is 5.60 Å². The number of primary amides is 1. The van der Waals surface area contributed by atoms with E-state index in [1.54, 1.807) is 13.0 Å². The van der Waals surface area contributed by atoms with Crippen LogP contribution in [0.2, 0.25) is 5.02 Å². The minimum Gasteiger partial charge on any atom is -0.494 e. The number of nitrogens with zero attached hydrogens (tertiary/aromatic N) is 3. The van der Waals surface area contributed by atoms with E-state index in [-0.39, 0.29) is 40.4 Å². The maximum absolute atomic E-state index is 14.9. The molecule has 0 spiro atoms. The first-order valence-electron chi connectivity index (χ1n) is 13.3. The van der Waals surface area contributed by atoms with Crippen molar-refractivity contribution in [1.82, 2.24) is 20.1 Å². The number of hydrogen-bond donors (Lipinski definition) is 4. The average molecular weight is 616 g/mol. The number of rotatable bonds is 11. The first-order valence-corrected chi connectivity index (χ1v) is 13.7. The number of aromatic nitrogens is 3. The molecule has 2 aromatic carbocycles. The molecule has 5 rings (SSSR count). The second-order valence-electron chi connectivity index (χ2n) is 10.1. The van der Waals surface area contributed by atoms with Crippen molar-refractivity contribution < 1.29 is 38.1 Å². The predicted octanol–water partition coefficient (Wildman–Crippen LogP) is 3.48. The summed E-state index contributed by atoms with van der Waals surface area (Å²) in [5, 5.41) is 29.0. The summed E-state index contributed by atoms with van der Waals surface area (Å²) in [6.45, 7) is 0.0439. The molecule has 2 amide bonds. The number of carbonyl (C=O) groups excluding carboxylic acids is 2. The van der Waals surface area contributed by atoms with Gasteiger partial charge in [-0.3, -0.25) is 14.3 Å². The van der Waals surface area contributed by atoms with Crippen molar-refractivity contribution in [1.29, 1.82) is 0 Å². The molecule has 226 valence electrons. The monoisotopic (exact) mass is 615 g/mol. The third kappa shape index (κ3) is 5.83. The zero-order chi connectivity index (χ0) is 31.1. The van der Waals surface area contributed by atoms with Gasteiger partial charge in [-0.25, -0.2) is 13.8 Å². The van der Waals surface area contributed by atoms with E-state index < -0.39 is 47.2 Å². The Morgan fingerprint density at radius 3 is 2.58 bits per heavy atom. The Morgan fingerprint density at radius 1 is 1.21 bits per heavy atom. The SMILES string of the molecule is CCOc1c(C(N)=O)cc([C@](O)(CO)CNC(=O)c2cc(OC)c3nn(C4CC4)cc3c2)nc1-c1cc(Cl)c(F)cc1F. The third-order valence-electron chi connectivity index (χ3n) is 7.07. The Labute approximate surface area is 249 Å². The second kappa shape index (κ2) is 11.7. The Bertz CT molecular complexity index is 1740. The van der Waals surface area contributed by atoms with Crippen LogP contribution in [0.3, 0.4) is 0 Å². The fourth-order valence-corrected chi connectivity index (χ4v) is 4.79. The van der Waals surface area contributed by atoms with Gasteiger partial charge in [0.15, 0.2) is 5.75 Å². The number of aliphatic hydroxyl groups excluding tert-OH is 1. The quantitative estimate of drug-likeness (QED) is 0.186. The van der Waals surface area contributed by atoms with Gasteiger partial charge in [-0.2, -0.15) is 5.10 Å². The molecule has 0 radical (unpaired) electrons. The molecule has 2 heterocycles. The first kappa shape index (κ1) is 30.1. The summed E-state index contributed by atoms with van der Waals surface area (Å²) in [6.07, 6.45) is 3.86. The standard InChI is InChI=1S/C29H28ClF2N5O6/c1-3-43-26-18(27(33)39)9-23(35-25(26)17-8-19(30)21(32)10-20(17)31)29(41,13-38)12-34-28(40)14-6-15-11-37(16-4-5-16)36-24(15)22(7-14)42-2/h6-11,16,38,41H,3-5,12-13H2,1-2H3,(H2,33,39)(H,34,40)/t29-/m1/s1. The number of ether oxygens (including phenoxy) is 2. The van der Waals surface area contributed by atoms with Crippen LogP contribution in [0.5, 0.6) is 11.5 Å². The molecule has 0 unspecified atom stereocenters. The van der Waals surface area contributed by atoms with Gasteiger partial charge >= 0.3 is 0 Å². The minimum absolute atomic E-state index is 0.0124. The Balaban J connectivity index is 1.51. The highest BCUT2D eigenvalue weighted by molar-refractivity contribution is 6.31. The van der Waals surface area contributed by atoms with E-state index >= 15 is 0 Å². The van der Waals surface area contributed by atoms with E-state index in [2.05, 4.69) is 15.4 Å². The van der Waals surface area contributed by atoms with Crippen LogP contribution in [0.25, 0.3) is 22.2 Å². The van der Waals surface area contributed by atoms with Gasteiger partial charge in [0, 0.05) is 28.8 Å². The number of hydrogen-bond acceptors (Lipinski definition) is 8. The van der Waals surface area contributed by atoms with Crippen molar-refractivity contribution in [3.8, 4) is 22.8 Å². The summed E-state index contributed by atoms with van der Waals surface area (Å²) in [5.74, 6) is -3.61. The summed E-state index contributed by atoms with van der Waals surface area (Å²) in [7, 11) is 1.46. The molecule has 14 heteroatoms. The molecule has 1 aliphatic rings. The largest absolute Gasteiger partial charge is 0.494 e. The topological polar surface area (TPSA) is 162 Å². The Morgan fingerprint density at radius 2 is 1.95 bits per heavy atom. The normalized spacial score (nSPS) is 14.4. The zero-order valence-electron chi connectivity index (χ0n) is 23.2. The highest BCUT2D eigenvalue weighted by Crippen LogP contribution is 2.39. The molecule has 1 atom stereocenters. The number of aliphatic hydroxyl groups is 2. The molecule has 1 saturated carbocycles. The summed E-state index contributed by atoms with van der Waals surface area (Å²) >= 11 is 5.89. The number of nitrogens with two attached hydrogens (primary N) is 1. The molecule has 0 aliphatic heterocycles. The summed E-state index contributed by atoms with van der Waals surface area (Å²) in [4.78, 5) is 29.9. The Kier molecular flexibility index (Phi) is 8.23. The maximum Gasteiger partial charge on any atom is 0.252 e. The van der Waals surface area contributed by atoms with Gasteiger partial charge in [0.1, 0.15) is 34.2 Å². The molecule has 1 aliphatic carbocycles. The van der Waals surface area contributed by atoms with E-state index in [9.17, 15) is 28.6 Å². The van der Waals surface area contributed by atoms with Gasteiger partial charge in [0.25, 0.3) is 11.8 Å². The van der Waals surface area contributed by atoms with Crippen LogP contribution >= 0.6 is 11.6 Å². The average Bonchev–Trinajstić information content (AvgIpc) is 3.75. The van der Waals surface area contributed by atoms with Crippen LogP contribution in [-0.4, -0.2) is 63.7 Å². The number of pyridine rings is 1. The number of benzene rings is 2. The van der Waals surface area contributed by atoms with E-state index in [4.69, 9.17) is 26.8 Å². The summed E-state index contributed by atoms with van der Waals surface area (Å²) < 4.78 is 41.7. The zero-order valence-corrected chi connectivity index (χ0v) is 23.9. The highest BCUT2D eigenvalue weighted by atomic mass is 35.5. The molecule has 2 aromatic heterocycles. The third-order valence-corrected chi connectivity index (χ3v) is 7.36. The molecule has 11 nitrogen and oxygen atoms in total. The van der Waals surface area contributed by atoms with Gasteiger partial charge in [-0.05, 0) is 44.0 Å². The fourth-order valence-electron chi connectivity index (χ4n) is 4.62. The minimum atomic E-state index is -2.29. The fraction of sp³-hybridized carbons (Fsp3) is 0.310. The van der Waals surface area contributed by atoms with Crippen molar-refractivity contribution in [2.75, 3.05) is 26.9 Å². The molecular formula is C29H28ClF2N5O6. The first-order chi connectivity index (χ1) is 20.5. The van der Waals surface area contributed by atoms with Gasteiger partial charge in [0.2, 0.25) is 0 Å². The van der Waals surface area contributed by atoms with Crippen molar-refractivity contribution in [3.63, 3.8) is 0 Å². The number of amides is 2. The molecular weight excluding hydrogens is 588 g/mol. The lowest BCUT2D eigenvalue weighted by molar-refractivity contribution is -0.0204. The number of halogens is 3. The lowest BCUT2D eigenvalue weighted by atomic mass is 9.95. The van der Waals surface area contributed by atoms with Gasteiger partial charge in [-0.1, -0.05) is 11.6 Å². The molecule has 0 bridgehead atoms. The number of methoxy groups -OCH3 is 1. The molecule has 43 heavy (non-hydrogen) atoms. The second-order valence-corrected chi connectivity index (χ2v) is 10.5. The number of carbonyl (C=O) groups is 2. The van der Waals surface area contributed by atoms with Crippen molar-refractivity contribution in [3.05, 3.63) is 70.0 Å². The van der Waals surface area contributed by atoms with Gasteiger partial charge in [0.05, 0.1) is 49.2 Å². The number of nitrogens with one attached hydrogen (secondary N) is 1. The smallest absolute Gasteiger partial charge is 0.252 e. The highest BCUT2D eigenvalue weighted by Gasteiger charge is 2.35. The lowest BCUT2D eigenvalue weighted by Crippen LogP contribution is -2.44. The van der Waals surface area contributed by atoms with Gasteiger partial charge in [-0.15, -0.1) is 0 Å². The summed E-state index contributed by atoms with van der Waals surface area (Å²) in [6, 6.07) is 5.98. The van der Waals surface area contributed by atoms with E-state index in [1.807, 2.05) is 10.9 Å². The molecule has 4 aromatic rings. The van der Waals surface area contributed by atoms with Crippen LogP contribution in [0.1, 0.15) is 52.2 Å². The van der Waals surface area contributed by atoms with E-state index in [1.165, 1.54) is 13.2 Å². The molecule has 5 N–H and O–H groups in total. The maximum atomic E-state index is 14.9. The predicted molar refractivity (Wildman–Crippen MR) is 152 cm³/mol. The lowest BCUT2D eigenvalue weighted by Gasteiger charge is -2.27. The molecule has 0 saturated heterocycles. The van der Waals surface area contributed by atoms with Crippen LogP contribution in [0.4, 0.5) is 8.78 Å². The molecule has 1 fully saturated rings. The van der Waals surface area contributed by atoms with Crippen LogP contribution in [0, 0.1) is 11.6 Å². The van der Waals surface area contributed by atoms with Gasteiger partial charge < -0.3 is 30.7 Å². The van der Waals surface area contributed by atoms with Crippen molar-refractivity contribution in [2.24, 2.45) is 5.73 Å². The summed E-state index contributed by atoms with van der Waals surface area (Å²) in [5.41, 5.74) is 2.75. The Hall–Kier alpha value is -4.33. The number of fused-ring (bicyclic) bond motifs is 1.